The number of nitrogens with one attached hydrogen (secondary N) is 2. The number of ether oxygens (including phenoxy) is 1. The fraction of sp³-hybridized carbons (Fsp3) is 0.533. The average molecular weight is 312 g/mol. The van der Waals surface area contributed by atoms with Gasteiger partial charge >= 0.3 is 6.61 Å². The number of hydrogen-bond donors (Lipinski definition) is 2. The summed E-state index contributed by atoms with van der Waals surface area (Å²) >= 11 is 5.32. The summed E-state index contributed by atoms with van der Waals surface area (Å²) in [5, 5.41) is 7.29. The van der Waals surface area contributed by atoms with Gasteiger partial charge in [-0.3, -0.25) is 0 Å². The summed E-state index contributed by atoms with van der Waals surface area (Å²) in [6.45, 7) is -2.78. The molecule has 0 bridgehead atoms. The number of thiocarbonyl (C=S) groups is 1. The van der Waals surface area contributed by atoms with E-state index in [4.69, 9.17) is 12.2 Å². The van der Waals surface area contributed by atoms with Crippen LogP contribution in [0.2, 0.25) is 0 Å². The van der Waals surface area contributed by atoms with E-state index in [0.717, 1.165) is 30.4 Å². The van der Waals surface area contributed by atoms with Crippen molar-refractivity contribution < 1.29 is 13.5 Å². The van der Waals surface area contributed by atoms with Crippen LogP contribution in [0.5, 0.6) is 5.75 Å². The molecule has 3 nitrogen and oxygen atoms in total. The highest BCUT2D eigenvalue weighted by Gasteiger charge is 2.25. The first-order valence-corrected chi connectivity index (χ1v) is 7.67. The van der Waals surface area contributed by atoms with Crippen LogP contribution in [0.4, 0.5) is 8.78 Å². The smallest absolute Gasteiger partial charge is 0.387 e. The van der Waals surface area contributed by atoms with E-state index in [9.17, 15) is 8.78 Å². The Bertz CT molecular complexity index is 534. The second-order valence-corrected chi connectivity index (χ2v) is 5.98. The summed E-state index contributed by atoms with van der Waals surface area (Å²) in [7, 11) is 0. The van der Waals surface area contributed by atoms with Crippen molar-refractivity contribution in [2.75, 3.05) is 0 Å². The SMILES string of the molecule is FC(F)Oc1ccc2c(c1)CCC[C@H]2NC(=S)NC1CC1. The summed E-state index contributed by atoms with van der Waals surface area (Å²) < 4.78 is 29.0. The molecule has 0 spiro atoms. The molecule has 2 N–H and O–H groups in total. The molecule has 1 fully saturated rings. The van der Waals surface area contributed by atoms with Gasteiger partial charge in [-0.1, -0.05) is 6.07 Å². The van der Waals surface area contributed by atoms with Gasteiger partial charge in [-0.15, -0.1) is 0 Å². The van der Waals surface area contributed by atoms with Gasteiger partial charge < -0.3 is 15.4 Å². The topological polar surface area (TPSA) is 33.3 Å². The minimum Gasteiger partial charge on any atom is -0.435 e. The van der Waals surface area contributed by atoms with E-state index >= 15 is 0 Å². The number of fused-ring (bicyclic) bond motifs is 1. The quantitative estimate of drug-likeness (QED) is 0.836. The maximum absolute atomic E-state index is 12.3. The van der Waals surface area contributed by atoms with Crippen LogP contribution in [0.3, 0.4) is 0 Å². The summed E-state index contributed by atoms with van der Waals surface area (Å²) in [6.07, 6.45) is 5.24. The Hall–Kier alpha value is -1.43. The molecule has 2 aliphatic carbocycles. The molecule has 3 rings (SSSR count). The van der Waals surface area contributed by atoms with Crippen molar-refractivity contribution in [2.24, 2.45) is 0 Å². The van der Waals surface area contributed by atoms with Gasteiger partial charge in [0, 0.05) is 6.04 Å². The summed E-state index contributed by atoms with van der Waals surface area (Å²) in [4.78, 5) is 0. The van der Waals surface area contributed by atoms with Crippen molar-refractivity contribution >= 4 is 17.3 Å². The molecule has 2 aliphatic rings. The van der Waals surface area contributed by atoms with Crippen molar-refractivity contribution in [3.05, 3.63) is 29.3 Å². The summed E-state index contributed by atoms with van der Waals surface area (Å²) in [6, 6.07) is 5.85. The van der Waals surface area contributed by atoms with Crippen molar-refractivity contribution in [1.29, 1.82) is 0 Å². The van der Waals surface area contributed by atoms with E-state index in [2.05, 4.69) is 15.4 Å². The molecule has 1 aromatic carbocycles. The second kappa shape index (κ2) is 6.13. The second-order valence-electron chi connectivity index (χ2n) is 5.58. The van der Waals surface area contributed by atoms with Gasteiger partial charge in [0.2, 0.25) is 0 Å². The molecular formula is C15H18F2N2OS. The lowest BCUT2D eigenvalue weighted by molar-refractivity contribution is -0.0499. The molecule has 0 aromatic heterocycles. The molecule has 21 heavy (non-hydrogen) atoms. The van der Waals surface area contributed by atoms with E-state index in [1.54, 1.807) is 12.1 Å². The minimum absolute atomic E-state index is 0.146. The lowest BCUT2D eigenvalue weighted by Gasteiger charge is -2.28. The maximum Gasteiger partial charge on any atom is 0.387 e. The molecule has 1 atom stereocenters. The van der Waals surface area contributed by atoms with Gasteiger partial charge in [0.05, 0.1) is 6.04 Å². The van der Waals surface area contributed by atoms with Gasteiger partial charge in [-0.2, -0.15) is 8.78 Å². The molecular weight excluding hydrogens is 294 g/mol. The molecule has 114 valence electrons. The van der Waals surface area contributed by atoms with Gasteiger partial charge in [0.1, 0.15) is 5.75 Å². The van der Waals surface area contributed by atoms with Crippen molar-refractivity contribution in [1.82, 2.24) is 10.6 Å². The van der Waals surface area contributed by atoms with Gasteiger partial charge in [0.15, 0.2) is 5.11 Å². The molecule has 0 aliphatic heterocycles. The standard InChI is InChI=1S/C15H18F2N2OS/c16-14(17)20-11-6-7-12-9(8-11)2-1-3-13(12)19-15(21)18-10-4-5-10/h6-8,10,13-14H,1-5H2,(H2,18,19,21)/t13-/m1/s1. The first-order valence-electron chi connectivity index (χ1n) is 7.26. The Kier molecular flexibility index (Phi) is 4.24. The Balaban J connectivity index is 1.69. The monoisotopic (exact) mass is 312 g/mol. The van der Waals surface area contributed by atoms with Gasteiger partial charge in [-0.25, -0.2) is 0 Å². The third kappa shape index (κ3) is 3.81. The number of benzene rings is 1. The molecule has 0 amide bonds. The van der Waals surface area contributed by atoms with Crippen molar-refractivity contribution in [3.63, 3.8) is 0 Å². The Labute approximate surface area is 128 Å². The molecule has 1 aromatic rings. The Morgan fingerprint density at radius 1 is 1.24 bits per heavy atom. The average Bonchev–Trinajstić information content (AvgIpc) is 3.21. The largest absolute Gasteiger partial charge is 0.435 e. The van der Waals surface area contributed by atoms with Crippen LogP contribution >= 0.6 is 12.2 Å². The zero-order valence-electron chi connectivity index (χ0n) is 11.6. The number of rotatable bonds is 4. The zero-order chi connectivity index (χ0) is 14.8. The number of aryl methyl sites for hydroxylation is 1. The first-order chi connectivity index (χ1) is 10.1. The zero-order valence-corrected chi connectivity index (χ0v) is 12.4. The number of alkyl halides is 2. The van der Waals surface area contributed by atoms with E-state index in [1.165, 1.54) is 12.8 Å². The predicted molar refractivity (Wildman–Crippen MR) is 80.6 cm³/mol. The van der Waals surface area contributed by atoms with Gasteiger partial charge in [-0.05, 0) is 67.6 Å². The highest BCUT2D eigenvalue weighted by atomic mass is 32.1. The number of hydrogen-bond acceptors (Lipinski definition) is 2. The molecule has 6 heteroatoms. The maximum atomic E-state index is 12.3. The van der Waals surface area contributed by atoms with Crippen LogP contribution in [0.15, 0.2) is 18.2 Å². The minimum atomic E-state index is -2.78. The third-order valence-electron chi connectivity index (χ3n) is 3.87. The molecule has 0 unspecified atom stereocenters. The fourth-order valence-corrected chi connectivity index (χ4v) is 3.04. The first kappa shape index (κ1) is 14.5. The summed E-state index contributed by atoms with van der Waals surface area (Å²) in [5.41, 5.74) is 2.19. The molecule has 1 saturated carbocycles. The Morgan fingerprint density at radius 3 is 2.76 bits per heavy atom. The highest BCUT2D eigenvalue weighted by molar-refractivity contribution is 7.80. The number of halogens is 2. The van der Waals surface area contributed by atoms with Crippen LogP contribution in [-0.4, -0.2) is 17.8 Å². The highest BCUT2D eigenvalue weighted by Crippen LogP contribution is 2.32. The van der Waals surface area contributed by atoms with Crippen LogP contribution in [0.25, 0.3) is 0 Å². The van der Waals surface area contributed by atoms with Crippen molar-refractivity contribution in [2.45, 2.75) is 50.8 Å². The van der Waals surface area contributed by atoms with Crippen LogP contribution in [0.1, 0.15) is 42.9 Å². The fourth-order valence-electron chi connectivity index (χ4n) is 2.73. The van der Waals surface area contributed by atoms with E-state index < -0.39 is 6.61 Å². The lowest BCUT2D eigenvalue weighted by atomic mass is 9.87. The van der Waals surface area contributed by atoms with E-state index in [1.807, 2.05) is 6.07 Å². The predicted octanol–water partition coefficient (Wildman–Crippen LogP) is 3.29. The van der Waals surface area contributed by atoms with Crippen molar-refractivity contribution in [3.8, 4) is 5.75 Å². The molecule has 0 saturated heterocycles. The normalized spacial score (nSPS) is 20.8. The van der Waals surface area contributed by atoms with Crippen LogP contribution in [-0.2, 0) is 6.42 Å². The summed E-state index contributed by atoms with van der Waals surface area (Å²) in [5.74, 6) is 0.225. The molecule has 0 heterocycles. The van der Waals surface area contributed by atoms with Crippen LogP contribution in [0, 0.1) is 0 Å². The van der Waals surface area contributed by atoms with E-state index in [-0.39, 0.29) is 11.8 Å². The lowest BCUT2D eigenvalue weighted by Crippen LogP contribution is -2.39. The van der Waals surface area contributed by atoms with E-state index in [0.29, 0.717) is 11.2 Å². The van der Waals surface area contributed by atoms with Crippen LogP contribution < -0.4 is 15.4 Å². The Morgan fingerprint density at radius 2 is 2.05 bits per heavy atom. The molecule has 0 radical (unpaired) electrons. The third-order valence-corrected chi connectivity index (χ3v) is 4.11. The van der Waals surface area contributed by atoms with Gasteiger partial charge in [0.25, 0.3) is 0 Å².